The Hall–Kier alpha value is -1.82. The van der Waals surface area contributed by atoms with E-state index < -0.39 is 0 Å². The van der Waals surface area contributed by atoms with Crippen LogP contribution in [0.5, 0.6) is 0 Å². The van der Waals surface area contributed by atoms with E-state index >= 15 is 0 Å². The van der Waals surface area contributed by atoms with Gasteiger partial charge in [-0.25, -0.2) is 0 Å². The maximum Gasteiger partial charge on any atom is 0.251 e. The monoisotopic (exact) mass is 252 g/mol. The minimum Gasteiger partial charge on any atom is -0.398 e. The first-order chi connectivity index (χ1) is 8.40. The highest BCUT2D eigenvalue weighted by molar-refractivity contribution is 5.75. The van der Waals surface area contributed by atoms with E-state index in [-0.39, 0.29) is 24.1 Å². The number of nitrogens with two attached hydrogens (primary N) is 1. The molecule has 3 N–H and O–H groups in total. The number of carbonyl (C=O) groups is 1. The lowest BCUT2D eigenvalue weighted by molar-refractivity contribution is -0.121. The highest BCUT2D eigenvalue weighted by Gasteiger charge is 2.08. The molecule has 1 amide bonds. The number of carbonyl (C=O) groups excluding carboxylic acids is 1. The van der Waals surface area contributed by atoms with Crippen molar-refractivity contribution < 1.29 is 4.79 Å². The van der Waals surface area contributed by atoms with Crippen molar-refractivity contribution >= 4 is 11.6 Å². The fourth-order valence-electron chi connectivity index (χ4n) is 1.33. The zero-order valence-corrected chi connectivity index (χ0v) is 11.0. The largest absolute Gasteiger partial charge is 0.398 e. The van der Waals surface area contributed by atoms with Crippen LogP contribution in [0, 0.1) is 0 Å². The van der Waals surface area contributed by atoms with Gasteiger partial charge in [0.15, 0.2) is 0 Å². The number of pyridine rings is 1. The predicted molar refractivity (Wildman–Crippen MR) is 71.3 cm³/mol. The zero-order valence-electron chi connectivity index (χ0n) is 11.0. The summed E-state index contributed by atoms with van der Waals surface area (Å²) in [6.07, 6.45) is 1.47. The molecule has 6 nitrogen and oxygen atoms in total. The molecular formula is C12H20N4O2. The van der Waals surface area contributed by atoms with Gasteiger partial charge in [-0.2, -0.15) is 0 Å². The van der Waals surface area contributed by atoms with E-state index in [0.717, 1.165) is 0 Å². The third-order valence-corrected chi connectivity index (χ3v) is 2.80. The number of amides is 1. The van der Waals surface area contributed by atoms with Gasteiger partial charge in [-0.05, 0) is 27.1 Å². The maximum absolute atomic E-state index is 11.7. The number of hydrogen-bond donors (Lipinski definition) is 2. The normalized spacial score (nSPS) is 12.4. The van der Waals surface area contributed by atoms with Crippen LogP contribution in [-0.2, 0) is 11.3 Å². The number of nitrogens with zero attached hydrogens (tertiary/aromatic N) is 2. The number of nitrogen functional groups attached to an aromatic ring is 1. The molecule has 1 aromatic heterocycles. The number of aromatic nitrogens is 1. The molecule has 0 saturated heterocycles. The fourth-order valence-corrected chi connectivity index (χ4v) is 1.33. The Morgan fingerprint density at radius 2 is 2.17 bits per heavy atom. The second-order valence-electron chi connectivity index (χ2n) is 4.55. The first-order valence-corrected chi connectivity index (χ1v) is 5.79. The van der Waals surface area contributed by atoms with Gasteiger partial charge in [0.05, 0.1) is 0 Å². The molecule has 1 rings (SSSR count). The van der Waals surface area contributed by atoms with Crippen LogP contribution in [0.3, 0.4) is 0 Å². The van der Waals surface area contributed by atoms with Crippen molar-refractivity contribution in [1.29, 1.82) is 0 Å². The van der Waals surface area contributed by atoms with Crippen LogP contribution in [0.15, 0.2) is 23.1 Å². The number of likely N-dealkylation sites (N-methyl/N-ethyl adjacent to an activating group) is 1. The van der Waals surface area contributed by atoms with Crippen LogP contribution < -0.4 is 16.6 Å². The van der Waals surface area contributed by atoms with E-state index in [1.807, 2.05) is 25.9 Å². The lowest BCUT2D eigenvalue weighted by Crippen LogP contribution is -2.40. The van der Waals surface area contributed by atoms with Crippen molar-refractivity contribution in [2.24, 2.45) is 0 Å². The van der Waals surface area contributed by atoms with Gasteiger partial charge in [-0.1, -0.05) is 0 Å². The third-order valence-electron chi connectivity index (χ3n) is 2.80. The van der Waals surface area contributed by atoms with Crippen molar-refractivity contribution in [3.8, 4) is 0 Å². The zero-order chi connectivity index (χ0) is 13.7. The van der Waals surface area contributed by atoms with Gasteiger partial charge in [0.25, 0.3) is 5.56 Å². The second kappa shape index (κ2) is 6.20. The molecule has 0 aromatic carbocycles. The van der Waals surface area contributed by atoms with Gasteiger partial charge >= 0.3 is 0 Å². The topological polar surface area (TPSA) is 80.4 Å². The quantitative estimate of drug-likeness (QED) is 0.740. The van der Waals surface area contributed by atoms with Gasteiger partial charge in [0, 0.05) is 30.5 Å². The molecule has 100 valence electrons. The predicted octanol–water partition coefficient (Wildman–Crippen LogP) is -0.503. The van der Waals surface area contributed by atoms with Crippen molar-refractivity contribution in [1.82, 2.24) is 14.8 Å². The Bertz CT molecular complexity index is 467. The van der Waals surface area contributed by atoms with Crippen molar-refractivity contribution in [3.05, 3.63) is 28.7 Å². The van der Waals surface area contributed by atoms with E-state index in [0.29, 0.717) is 12.2 Å². The molecule has 0 aliphatic rings. The van der Waals surface area contributed by atoms with Gasteiger partial charge in [-0.3, -0.25) is 9.59 Å². The van der Waals surface area contributed by atoms with E-state index in [1.54, 1.807) is 0 Å². The highest BCUT2D eigenvalue weighted by atomic mass is 16.2. The smallest absolute Gasteiger partial charge is 0.251 e. The molecule has 0 aliphatic heterocycles. The lowest BCUT2D eigenvalue weighted by atomic mass is 10.3. The van der Waals surface area contributed by atoms with Crippen molar-refractivity contribution in [2.45, 2.75) is 19.5 Å². The molecule has 1 atom stereocenters. The van der Waals surface area contributed by atoms with Gasteiger partial charge < -0.3 is 20.5 Å². The summed E-state index contributed by atoms with van der Waals surface area (Å²) in [5, 5.41) is 2.78. The Balaban J connectivity index is 2.55. The van der Waals surface area contributed by atoms with E-state index in [1.165, 1.54) is 22.9 Å². The number of hydrogen-bond acceptors (Lipinski definition) is 4. The summed E-state index contributed by atoms with van der Waals surface area (Å²) in [5.41, 5.74) is 5.79. The summed E-state index contributed by atoms with van der Waals surface area (Å²) in [7, 11) is 3.89. The molecule has 0 radical (unpaired) electrons. The molecule has 18 heavy (non-hydrogen) atoms. The average Bonchev–Trinajstić information content (AvgIpc) is 2.30. The van der Waals surface area contributed by atoms with Crippen LogP contribution in [0.4, 0.5) is 5.69 Å². The molecule has 0 spiro atoms. The maximum atomic E-state index is 11.7. The average molecular weight is 252 g/mol. The molecular weight excluding hydrogens is 232 g/mol. The molecule has 1 aromatic rings. The number of nitrogens with one attached hydrogen (secondary N) is 1. The van der Waals surface area contributed by atoms with Crippen LogP contribution in [-0.4, -0.2) is 42.1 Å². The summed E-state index contributed by atoms with van der Waals surface area (Å²) in [5.74, 6) is -0.198. The molecule has 0 fully saturated rings. The first kappa shape index (κ1) is 14.2. The molecule has 1 heterocycles. The summed E-state index contributed by atoms with van der Waals surface area (Å²) >= 11 is 0. The Labute approximate surface area is 106 Å². The first-order valence-electron chi connectivity index (χ1n) is 5.79. The van der Waals surface area contributed by atoms with Crippen LogP contribution in [0.1, 0.15) is 6.92 Å². The van der Waals surface area contributed by atoms with Crippen LogP contribution in [0.2, 0.25) is 0 Å². The van der Waals surface area contributed by atoms with Crippen molar-refractivity contribution in [2.75, 3.05) is 26.4 Å². The summed E-state index contributed by atoms with van der Waals surface area (Å²) < 4.78 is 1.30. The number of rotatable bonds is 5. The Morgan fingerprint density at radius 3 is 2.78 bits per heavy atom. The minimum absolute atomic E-state index is 0.00990. The molecule has 0 aliphatic carbocycles. The third kappa shape index (κ3) is 4.21. The Kier molecular flexibility index (Phi) is 4.91. The molecule has 6 heteroatoms. The molecule has 0 saturated carbocycles. The highest BCUT2D eigenvalue weighted by Crippen LogP contribution is 1.95. The van der Waals surface area contributed by atoms with Gasteiger partial charge in [-0.15, -0.1) is 0 Å². The molecule has 1 unspecified atom stereocenters. The van der Waals surface area contributed by atoms with Crippen LogP contribution in [0.25, 0.3) is 0 Å². The fraction of sp³-hybridized carbons (Fsp3) is 0.500. The standard InChI is InChI=1S/C12H20N4O2/c1-9(15(2)3)6-14-11(17)8-16-7-10(13)4-5-12(16)18/h4-5,7,9H,6,8,13H2,1-3H3,(H,14,17). The van der Waals surface area contributed by atoms with Crippen molar-refractivity contribution in [3.63, 3.8) is 0 Å². The van der Waals surface area contributed by atoms with E-state index in [2.05, 4.69) is 5.32 Å². The van der Waals surface area contributed by atoms with Gasteiger partial charge in [0.1, 0.15) is 6.54 Å². The molecule has 0 bridgehead atoms. The SMILES string of the molecule is CC(CNC(=O)Cn1cc(N)ccc1=O)N(C)C. The second-order valence-corrected chi connectivity index (χ2v) is 4.55. The summed E-state index contributed by atoms with van der Waals surface area (Å²) in [6, 6.07) is 3.11. The Morgan fingerprint density at radius 1 is 1.50 bits per heavy atom. The van der Waals surface area contributed by atoms with Gasteiger partial charge in [0.2, 0.25) is 5.91 Å². The van der Waals surface area contributed by atoms with E-state index in [9.17, 15) is 9.59 Å². The number of anilines is 1. The minimum atomic E-state index is -0.236. The summed E-state index contributed by atoms with van der Waals surface area (Å²) in [6.45, 7) is 2.54. The van der Waals surface area contributed by atoms with Crippen LogP contribution >= 0.6 is 0 Å². The summed E-state index contributed by atoms with van der Waals surface area (Å²) in [4.78, 5) is 25.2. The lowest BCUT2D eigenvalue weighted by Gasteiger charge is -2.20. The van der Waals surface area contributed by atoms with E-state index in [4.69, 9.17) is 5.73 Å².